The van der Waals surface area contributed by atoms with Crippen LogP contribution in [0.2, 0.25) is 0 Å². The van der Waals surface area contributed by atoms with E-state index in [1.807, 2.05) is 12.1 Å². The van der Waals surface area contributed by atoms with Crippen molar-refractivity contribution < 1.29 is 0 Å². The highest BCUT2D eigenvalue weighted by Crippen LogP contribution is 2.37. The van der Waals surface area contributed by atoms with Gasteiger partial charge < -0.3 is 11.1 Å². The van der Waals surface area contributed by atoms with Crippen LogP contribution in [0.4, 0.5) is 11.5 Å². The number of hydrogen-bond donors (Lipinski definition) is 2. The topological polar surface area (TPSA) is 50.9 Å². The molecule has 1 heterocycles. The molecule has 3 N–H and O–H groups in total. The van der Waals surface area contributed by atoms with Crippen LogP contribution in [-0.2, 0) is 0 Å². The Morgan fingerprint density at radius 1 is 1.64 bits per heavy atom. The van der Waals surface area contributed by atoms with Crippen LogP contribution in [0.15, 0.2) is 18.3 Å². The van der Waals surface area contributed by atoms with E-state index in [4.69, 9.17) is 5.73 Å². The van der Waals surface area contributed by atoms with Gasteiger partial charge in [-0.2, -0.15) is 0 Å². The molecule has 0 spiro atoms. The van der Waals surface area contributed by atoms with Crippen molar-refractivity contribution in [1.29, 1.82) is 0 Å². The number of pyridine rings is 1. The second-order valence-corrected chi connectivity index (χ2v) is 4.00. The van der Waals surface area contributed by atoms with E-state index >= 15 is 0 Å². The molecule has 0 amide bonds. The molecule has 0 radical (unpaired) electrons. The zero-order valence-corrected chi connectivity index (χ0v) is 8.53. The first kappa shape index (κ1) is 9.31. The van der Waals surface area contributed by atoms with Gasteiger partial charge in [0.15, 0.2) is 0 Å². The zero-order chi connectivity index (χ0) is 9.97. The van der Waals surface area contributed by atoms with E-state index in [1.54, 1.807) is 6.20 Å². The first-order chi connectivity index (χ1) is 6.79. The zero-order valence-electron chi connectivity index (χ0n) is 8.53. The van der Waals surface area contributed by atoms with E-state index in [0.717, 1.165) is 11.6 Å². The second kappa shape index (κ2) is 3.86. The number of nitrogens with two attached hydrogens (primary N) is 1. The molecule has 1 aromatic rings. The van der Waals surface area contributed by atoms with Crippen molar-refractivity contribution in [2.24, 2.45) is 5.92 Å². The van der Waals surface area contributed by atoms with Crippen LogP contribution >= 0.6 is 0 Å². The molecule has 3 heteroatoms. The fourth-order valence-electron chi connectivity index (χ4n) is 1.87. The third kappa shape index (κ3) is 2.16. The van der Waals surface area contributed by atoms with Crippen LogP contribution in [0.1, 0.15) is 26.2 Å². The van der Waals surface area contributed by atoms with Crippen molar-refractivity contribution in [3.05, 3.63) is 18.3 Å². The van der Waals surface area contributed by atoms with Gasteiger partial charge in [0.05, 0.1) is 0 Å². The highest BCUT2D eigenvalue weighted by Gasteiger charge is 2.35. The summed E-state index contributed by atoms with van der Waals surface area (Å²) in [5.41, 5.74) is 6.70. The standard InChI is InChI=1S/C11H17N3/c1-2-3-8-6-10(8)14-9-4-5-13-11(12)7-9/h4-5,7-8,10H,2-3,6H2,1H3,(H3,12,13,14). The predicted molar refractivity (Wildman–Crippen MR) is 59.1 cm³/mol. The number of nitrogen functional groups attached to an aromatic ring is 1. The number of aromatic nitrogens is 1. The predicted octanol–water partition coefficient (Wildman–Crippen LogP) is 2.26. The highest BCUT2D eigenvalue weighted by molar-refractivity contribution is 5.51. The molecule has 1 aliphatic carbocycles. The van der Waals surface area contributed by atoms with Crippen LogP contribution < -0.4 is 11.1 Å². The van der Waals surface area contributed by atoms with E-state index in [0.29, 0.717) is 11.9 Å². The lowest BCUT2D eigenvalue weighted by atomic mass is 10.2. The Bertz CT molecular complexity index is 311. The number of nitrogens with one attached hydrogen (secondary N) is 1. The molecule has 2 rings (SSSR count). The summed E-state index contributed by atoms with van der Waals surface area (Å²) in [5, 5.41) is 3.47. The number of nitrogens with zero attached hydrogens (tertiary/aromatic N) is 1. The molecule has 1 saturated carbocycles. The molecule has 0 aliphatic heterocycles. The summed E-state index contributed by atoms with van der Waals surface area (Å²) in [6, 6.07) is 4.52. The molecule has 0 bridgehead atoms. The van der Waals surface area contributed by atoms with E-state index in [9.17, 15) is 0 Å². The molecule has 3 nitrogen and oxygen atoms in total. The van der Waals surface area contributed by atoms with Crippen molar-refractivity contribution in [3.63, 3.8) is 0 Å². The van der Waals surface area contributed by atoms with Crippen LogP contribution in [-0.4, -0.2) is 11.0 Å². The minimum Gasteiger partial charge on any atom is -0.384 e. The molecule has 0 saturated heterocycles. The van der Waals surface area contributed by atoms with Crippen LogP contribution in [0.25, 0.3) is 0 Å². The van der Waals surface area contributed by atoms with Gasteiger partial charge in [-0.25, -0.2) is 4.98 Å². The van der Waals surface area contributed by atoms with Gasteiger partial charge in [0.1, 0.15) is 5.82 Å². The van der Waals surface area contributed by atoms with Gasteiger partial charge in [0.2, 0.25) is 0 Å². The van der Waals surface area contributed by atoms with Crippen LogP contribution in [0.5, 0.6) is 0 Å². The first-order valence-corrected chi connectivity index (χ1v) is 5.27. The Hall–Kier alpha value is -1.25. The fourth-order valence-corrected chi connectivity index (χ4v) is 1.87. The molecule has 1 aromatic heterocycles. The Morgan fingerprint density at radius 3 is 3.21 bits per heavy atom. The average molecular weight is 191 g/mol. The lowest BCUT2D eigenvalue weighted by molar-refractivity contribution is 0.693. The van der Waals surface area contributed by atoms with Crippen molar-refractivity contribution in [3.8, 4) is 0 Å². The normalized spacial score (nSPS) is 24.6. The van der Waals surface area contributed by atoms with Gasteiger partial charge in [-0.05, 0) is 24.8 Å². The summed E-state index contributed by atoms with van der Waals surface area (Å²) in [4.78, 5) is 3.96. The summed E-state index contributed by atoms with van der Waals surface area (Å²) in [5.74, 6) is 1.46. The van der Waals surface area contributed by atoms with Crippen molar-refractivity contribution in [1.82, 2.24) is 4.98 Å². The van der Waals surface area contributed by atoms with Crippen molar-refractivity contribution >= 4 is 11.5 Å². The van der Waals surface area contributed by atoms with Crippen molar-refractivity contribution in [2.45, 2.75) is 32.2 Å². The summed E-state index contributed by atoms with van der Waals surface area (Å²) >= 11 is 0. The second-order valence-electron chi connectivity index (χ2n) is 4.00. The third-order valence-electron chi connectivity index (χ3n) is 2.72. The average Bonchev–Trinajstić information content (AvgIpc) is 2.84. The van der Waals surface area contributed by atoms with Crippen LogP contribution in [0.3, 0.4) is 0 Å². The van der Waals surface area contributed by atoms with Crippen LogP contribution in [0, 0.1) is 5.92 Å². The van der Waals surface area contributed by atoms with E-state index in [-0.39, 0.29) is 0 Å². The Morgan fingerprint density at radius 2 is 2.50 bits per heavy atom. The number of rotatable bonds is 4. The Balaban J connectivity index is 1.87. The van der Waals surface area contributed by atoms with E-state index in [1.165, 1.54) is 19.3 Å². The van der Waals surface area contributed by atoms with E-state index < -0.39 is 0 Å². The van der Waals surface area contributed by atoms with Gasteiger partial charge in [-0.15, -0.1) is 0 Å². The molecular weight excluding hydrogens is 174 g/mol. The molecule has 2 atom stereocenters. The maximum Gasteiger partial charge on any atom is 0.125 e. The Kier molecular flexibility index (Phi) is 2.57. The largest absolute Gasteiger partial charge is 0.384 e. The SMILES string of the molecule is CCCC1CC1Nc1ccnc(N)c1. The summed E-state index contributed by atoms with van der Waals surface area (Å²) in [6.45, 7) is 2.24. The fraction of sp³-hybridized carbons (Fsp3) is 0.545. The number of anilines is 2. The lowest BCUT2D eigenvalue weighted by Gasteiger charge is -2.05. The summed E-state index contributed by atoms with van der Waals surface area (Å²) in [7, 11) is 0. The minimum absolute atomic E-state index is 0.586. The first-order valence-electron chi connectivity index (χ1n) is 5.27. The molecule has 1 aliphatic rings. The van der Waals surface area contributed by atoms with Gasteiger partial charge in [0, 0.05) is 24.0 Å². The highest BCUT2D eigenvalue weighted by atomic mass is 15.0. The van der Waals surface area contributed by atoms with Gasteiger partial charge >= 0.3 is 0 Å². The molecule has 76 valence electrons. The molecule has 0 aromatic carbocycles. The smallest absolute Gasteiger partial charge is 0.125 e. The van der Waals surface area contributed by atoms with Gasteiger partial charge in [-0.3, -0.25) is 0 Å². The van der Waals surface area contributed by atoms with E-state index in [2.05, 4.69) is 17.2 Å². The molecule has 1 fully saturated rings. The monoisotopic (exact) mass is 191 g/mol. The lowest BCUT2D eigenvalue weighted by Crippen LogP contribution is -2.05. The summed E-state index contributed by atoms with van der Waals surface area (Å²) < 4.78 is 0. The molecule has 14 heavy (non-hydrogen) atoms. The summed E-state index contributed by atoms with van der Waals surface area (Å²) in [6.07, 6.45) is 5.66. The quantitative estimate of drug-likeness (QED) is 0.767. The minimum atomic E-state index is 0.586. The maximum absolute atomic E-state index is 5.60. The van der Waals surface area contributed by atoms with Gasteiger partial charge in [-0.1, -0.05) is 13.3 Å². The molecule has 2 unspecified atom stereocenters. The van der Waals surface area contributed by atoms with Crippen molar-refractivity contribution in [2.75, 3.05) is 11.1 Å². The Labute approximate surface area is 84.7 Å². The maximum atomic E-state index is 5.60. The van der Waals surface area contributed by atoms with Gasteiger partial charge in [0.25, 0.3) is 0 Å². The number of hydrogen-bond acceptors (Lipinski definition) is 3. The third-order valence-corrected chi connectivity index (χ3v) is 2.72. The molecular formula is C11H17N3.